The van der Waals surface area contributed by atoms with Crippen molar-refractivity contribution in [3.63, 3.8) is 0 Å². The number of nitro benzene ring substituents is 1. The molecule has 1 amide bonds. The van der Waals surface area contributed by atoms with Crippen molar-refractivity contribution in [3.05, 3.63) is 57.9 Å². The molecule has 0 aliphatic rings. The number of methoxy groups -OCH3 is 2. The summed E-state index contributed by atoms with van der Waals surface area (Å²) >= 11 is 0. The number of ether oxygens (including phenoxy) is 3. The van der Waals surface area contributed by atoms with Gasteiger partial charge in [0.1, 0.15) is 0 Å². The molecule has 0 fully saturated rings. The van der Waals surface area contributed by atoms with Gasteiger partial charge in [0.2, 0.25) is 5.82 Å². The molecule has 9 nitrogen and oxygen atoms in total. The zero-order chi connectivity index (χ0) is 20.0. The largest absolute Gasteiger partial charge is 0.493 e. The van der Waals surface area contributed by atoms with Crippen molar-refractivity contribution in [1.82, 2.24) is 0 Å². The maximum absolute atomic E-state index is 13.4. The summed E-state index contributed by atoms with van der Waals surface area (Å²) in [4.78, 5) is 33.5. The van der Waals surface area contributed by atoms with E-state index in [-0.39, 0.29) is 29.4 Å². The van der Waals surface area contributed by atoms with E-state index in [1.165, 1.54) is 38.5 Å². The Balaban J connectivity index is 2.22. The number of carbonyl (C=O) groups excluding carboxylic acids is 2. The predicted octanol–water partition coefficient (Wildman–Crippen LogP) is 2.55. The molecule has 0 aromatic heterocycles. The summed E-state index contributed by atoms with van der Waals surface area (Å²) < 4.78 is 28.2. The fourth-order valence-corrected chi connectivity index (χ4v) is 2.06. The second-order valence-electron chi connectivity index (χ2n) is 5.11. The van der Waals surface area contributed by atoms with E-state index in [0.717, 1.165) is 12.1 Å². The second kappa shape index (κ2) is 8.61. The van der Waals surface area contributed by atoms with Gasteiger partial charge in [0.15, 0.2) is 18.1 Å². The zero-order valence-electron chi connectivity index (χ0n) is 14.4. The lowest BCUT2D eigenvalue weighted by Crippen LogP contribution is -2.15. The first kappa shape index (κ1) is 19.6. The molecule has 2 aromatic rings. The molecule has 0 saturated carbocycles. The van der Waals surface area contributed by atoms with Crippen LogP contribution in [-0.4, -0.2) is 37.6 Å². The molecular weight excluding hydrogens is 363 g/mol. The summed E-state index contributed by atoms with van der Waals surface area (Å²) in [6.45, 7) is -0.387. The van der Waals surface area contributed by atoms with E-state index in [4.69, 9.17) is 9.47 Å². The molecule has 0 aliphatic carbocycles. The fraction of sp³-hybridized carbons (Fsp3) is 0.176. The second-order valence-corrected chi connectivity index (χ2v) is 5.11. The van der Waals surface area contributed by atoms with E-state index >= 15 is 0 Å². The zero-order valence-corrected chi connectivity index (χ0v) is 14.4. The van der Waals surface area contributed by atoms with Crippen molar-refractivity contribution in [2.24, 2.45) is 0 Å². The third-order valence-electron chi connectivity index (χ3n) is 3.40. The maximum Gasteiger partial charge on any atom is 0.343 e. The van der Waals surface area contributed by atoms with Gasteiger partial charge in [-0.15, -0.1) is 0 Å². The van der Waals surface area contributed by atoms with Crippen molar-refractivity contribution >= 4 is 23.3 Å². The minimum atomic E-state index is -1.01. The van der Waals surface area contributed by atoms with Crippen LogP contribution in [0.3, 0.4) is 0 Å². The lowest BCUT2D eigenvalue weighted by Gasteiger charge is -2.12. The summed E-state index contributed by atoms with van der Waals surface area (Å²) in [5, 5.41) is 13.2. The van der Waals surface area contributed by atoms with Gasteiger partial charge in [-0.3, -0.25) is 14.9 Å². The van der Waals surface area contributed by atoms with Gasteiger partial charge in [-0.05, 0) is 30.3 Å². The highest BCUT2D eigenvalue weighted by Gasteiger charge is 2.17. The summed E-state index contributed by atoms with van der Waals surface area (Å²) in [7, 11) is 2.59. The molecule has 2 aromatic carbocycles. The van der Waals surface area contributed by atoms with Gasteiger partial charge in [0.05, 0.1) is 19.1 Å². The van der Waals surface area contributed by atoms with Crippen molar-refractivity contribution in [1.29, 1.82) is 0 Å². The number of nitrogens with one attached hydrogen (secondary N) is 1. The van der Waals surface area contributed by atoms with E-state index in [1.807, 2.05) is 0 Å². The fourth-order valence-electron chi connectivity index (χ4n) is 2.06. The minimum absolute atomic E-state index is 0.0425. The molecule has 10 heteroatoms. The number of hydrogen-bond acceptors (Lipinski definition) is 7. The predicted molar refractivity (Wildman–Crippen MR) is 91.5 cm³/mol. The highest BCUT2D eigenvalue weighted by atomic mass is 19.1. The smallest absolute Gasteiger partial charge is 0.343 e. The highest BCUT2D eigenvalue weighted by Crippen LogP contribution is 2.29. The van der Waals surface area contributed by atoms with Gasteiger partial charge < -0.3 is 19.5 Å². The Labute approximate surface area is 152 Å². The van der Waals surface area contributed by atoms with E-state index < -0.39 is 28.3 Å². The first-order valence-electron chi connectivity index (χ1n) is 7.48. The molecule has 27 heavy (non-hydrogen) atoms. The van der Waals surface area contributed by atoms with Crippen LogP contribution in [0.15, 0.2) is 36.4 Å². The number of esters is 1. The summed E-state index contributed by atoms with van der Waals surface area (Å²) in [5.41, 5.74) is -0.590. The third kappa shape index (κ3) is 4.91. The van der Waals surface area contributed by atoms with Crippen molar-refractivity contribution in [3.8, 4) is 11.5 Å². The first-order valence-corrected chi connectivity index (χ1v) is 7.48. The van der Waals surface area contributed by atoms with E-state index in [9.17, 15) is 24.1 Å². The number of halogens is 1. The lowest BCUT2D eigenvalue weighted by atomic mass is 10.1. The number of nitrogens with zero attached hydrogens (tertiary/aromatic N) is 1. The molecule has 0 heterocycles. The molecule has 0 aliphatic heterocycles. The summed E-state index contributed by atoms with van der Waals surface area (Å²) in [6.07, 6.45) is 0. The normalized spacial score (nSPS) is 10.0. The van der Waals surface area contributed by atoms with Crippen LogP contribution >= 0.6 is 0 Å². The molecule has 0 saturated heterocycles. The van der Waals surface area contributed by atoms with Crippen molar-refractivity contribution in [2.45, 2.75) is 0 Å². The lowest BCUT2D eigenvalue weighted by molar-refractivity contribution is -0.387. The van der Waals surface area contributed by atoms with Crippen LogP contribution in [-0.2, 0) is 9.53 Å². The van der Waals surface area contributed by atoms with Gasteiger partial charge in [0.25, 0.3) is 5.91 Å². The number of amides is 1. The average molecular weight is 378 g/mol. The SMILES string of the molecule is COC(=O)COc1cc(C(=O)Nc2ccc(F)c([N+](=O)[O-])c2)ccc1OC. The van der Waals surface area contributed by atoms with Crippen molar-refractivity contribution < 1.29 is 33.1 Å². The number of benzene rings is 2. The average Bonchev–Trinajstić information content (AvgIpc) is 2.66. The molecule has 0 unspecified atom stereocenters. The van der Waals surface area contributed by atoms with Crippen LogP contribution in [0, 0.1) is 15.9 Å². The maximum atomic E-state index is 13.4. The van der Waals surface area contributed by atoms with Gasteiger partial charge in [-0.1, -0.05) is 0 Å². The number of hydrogen-bond donors (Lipinski definition) is 1. The molecule has 1 N–H and O–H groups in total. The molecule has 142 valence electrons. The van der Waals surface area contributed by atoms with Crippen LogP contribution in [0.2, 0.25) is 0 Å². The Hall–Kier alpha value is -3.69. The molecule has 0 bridgehead atoms. The first-order chi connectivity index (χ1) is 12.8. The van der Waals surface area contributed by atoms with Crippen LogP contribution in [0.25, 0.3) is 0 Å². The Morgan fingerprint density at radius 3 is 2.52 bits per heavy atom. The number of nitro groups is 1. The number of anilines is 1. The topological polar surface area (TPSA) is 117 Å². The van der Waals surface area contributed by atoms with Crippen molar-refractivity contribution in [2.75, 3.05) is 26.1 Å². The van der Waals surface area contributed by atoms with Crippen LogP contribution in [0.5, 0.6) is 11.5 Å². The monoisotopic (exact) mass is 378 g/mol. The molecule has 0 radical (unpaired) electrons. The molecule has 0 atom stereocenters. The van der Waals surface area contributed by atoms with Gasteiger partial charge in [-0.25, -0.2) is 4.79 Å². The molecular formula is C17H15FN2O7. The highest BCUT2D eigenvalue weighted by molar-refractivity contribution is 6.04. The van der Waals surface area contributed by atoms with Crippen LogP contribution < -0.4 is 14.8 Å². The number of carbonyl (C=O) groups is 2. The Morgan fingerprint density at radius 1 is 1.15 bits per heavy atom. The molecule has 2 rings (SSSR count). The van der Waals surface area contributed by atoms with Crippen LogP contribution in [0.4, 0.5) is 15.8 Å². The van der Waals surface area contributed by atoms with Gasteiger partial charge in [0, 0.05) is 17.3 Å². The summed E-state index contributed by atoms with van der Waals surface area (Å²) in [5.74, 6) is -1.85. The quantitative estimate of drug-likeness (QED) is 0.447. The van der Waals surface area contributed by atoms with E-state index in [1.54, 1.807) is 0 Å². The Morgan fingerprint density at radius 2 is 1.89 bits per heavy atom. The van der Waals surface area contributed by atoms with E-state index in [0.29, 0.717) is 0 Å². The summed E-state index contributed by atoms with van der Waals surface area (Å²) in [6, 6.07) is 7.19. The standard InChI is InChI=1S/C17H15FN2O7/c1-25-14-6-3-10(7-15(14)27-9-16(21)26-2)17(22)19-11-4-5-12(18)13(8-11)20(23)24/h3-8H,9H2,1-2H3,(H,19,22). The minimum Gasteiger partial charge on any atom is -0.493 e. The third-order valence-corrected chi connectivity index (χ3v) is 3.40. The van der Waals surface area contributed by atoms with Gasteiger partial charge >= 0.3 is 11.7 Å². The van der Waals surface area contributed by atoms with Gasteiger partial charge in [-0.2, -0.15) is 4.39 Å². The number of rotatable bonds is 7. The Bertz CT molecular complexity index is 886. The van der Waals surface area contributed by atoms with Crippen LogP contribution in [0.1, 0.15) is 10.4 Å². The van der Waals surface area contributed by atoms with E-state index in [2.05, 4.69) is 10.1 Å². The molecule has 0 spiro atoms. The Kier molecular flexibility index (Phi) is 6.26.